The van der Waals surface area contributed by atoms with Crippen molar-refractivity contribution in [3.63, 3.8) is 0 Å². The lowest BCUT2D eigenvalue weighted by molar-refractivity contribution is -0.145. The van der Waals surface area contributed by atoms with Crippen LogP contribution in [0.15, 0.2) is 24.3 Å². The van der Waals surface area contributed by atoms with Crippen molar-refractivity contribution >= 4 is 17.8 Å². The first kappa shape index (κ1) is 20.6. The molecule has 1 aromatic carbocycles. The number of carbonyl (C=O) groups is 3. The molecule has 0 aliphatic heterocycles. The predicted octanol–water partition coefficient (Wildman–Crippen LogP) is 1.72. The maximum atomic E-state index is 13.0. The Morgan fingerprint density at radius 2 is 1.76 bits per heavy atom. The summed E-state index contributed by atoms with van der Waals surface area (Å²) in [7, 11) is 1.26. The van der Waals surface area contributed by atoms with Gasteiger partial charge in [-0.05, 0) is 24.1 Å². The van der Waals surface area contributed by atoms with E-state index in [0.717, 1.165) is 12.8 Å². The van der Waals surface area contributed by atoms with Gasteiger partial charge in [0.2, 0.25) is 11.8 Å². The second-order valence-corrected chi connectivity index (χ2v) is 5.81. The van der Waals surface area contributed by atoms with Gasteiger partial charge in [-0.25, -0.2) is 9.18 Å². The Morgan fingerprint density at radius 1 is 1.12 bits per heavy atom. The molecule has 0 spiro atoms. The summed E-state index contributed by atoms with van der Waals surface area (Å²) < 4.78 is 17.7. The average molecular weight is 352 g/mol. The summed E-state index contributed by atoms with van der Waals surface area (Å²) in [5.74, 6) is -1.75. The van der Waals surface area contributed by atoms with Crippen molar-refractivity contribution in [2.75, 3.05) is 7.11 Å². The summed E-state index contributed by atoms with van der Waals surface area (Å²) in [6.07, 6.45) is 2.27. The summed E-state index contributed by atoms with van der Waals surface area (Å²) in [4.78, 5) is 35.8. The van der Waals surface area contributed by atoms with E-state index in [1.165, 1.54) is 26.2 Å². The summed E-state index contributed by atoms with van der Waals surface area (Å²) in [6, 6.07) is 4.05. The van der Waals surface area contributed by atoms with Gasteiger partial charge in [0.1, 0.15) is 17.9 Å². The van der Waals surface area contributed by atoms with Gasteiger partial charge in [0.15, 0.2) is 0 Å². The van der Waals surface area contributed by atoms with Gasteiger partial charge in [-0.2, -0.15) is 0 Å². The van der Waals surface area contributed by atoms with Crippen molar-refractivity contribution < 1.29 is 23.5 Å². The Hall–Kier alpha value is -2.44. The third-order valence-corrected chi connectivity index (χ3v) is 3.70. The maximum absolute atomic E-state index is 13.0. The quantitative estimate of drug-likeness (QED) is 0.663. The SMILES string of the molecule is CCCC[C@@H](NC(=O)[C@@H](Cc1ccc(F)cc1)NC(C)=O)C(=O)OC. The summed E-state index contributed by atoms with van der Waals surface area (Å²) >= 11 is 0. The van der Waals surface area contributed by atoms with Gasteiger partial charge in [-0.15, -0.1) is 0 Å². The Bertz CT molecular complexity index is 589. The minimum atomic E-state index is -0.864. The fraction of sp³-hybridized carbons (Fsp3) is 0.500. The number of benzene rings is 1. The molecule has 2 atom stereocenters. The summed E-state index contributed by atoms with van der Waals surface area (Å²) in [5, 5.41) is 5.20. The number of hydrogen-bond acceptors (Lipinski definition) is 4. The third kappa shape index (κ3) is 7.32. The zero-order chi connectivity index (χ0) is 18.8. The van der Waals surface area contributed by atoms with Gasteiger partial charge in [0.05, 0.1) is 7.11 Å². The molecule has 0 heterocycles. The van der Waals surface area contributed by atoms with Crippen LogP contribution in [0.25, 0.3) is 0 Å². The van der Waals surface area contributed by atoms with Crippen molar-refractivity contribution in [3.8, 4) is 0 Å². The topological polar surface area (TPSA) is 84.5 Å². The highest BCUT2D eigenvalue weighted by Gasteiger charge is 2.26. The van der Waals surface area contributed by atoms with E-state index in [1.807, 2.05) is 6.92 Å². The number of esters is 1. The van der Waals surface area contributed by atoms with E-state index in [1.54, 1.807) is 12.1 Å². The Kier molecular flexibility index (Phi) is 8.60. The molecule has 25 heavy (non-hydrogen) atoms. The van der Waals surface area contributed by atoms with Crippen molar-refractivity contribution in [1.82, 2.24) is 10.6 Å². The molecule has 0 aliphatic rings. The number of rotatable bonds is 9. The van der Waals surface area contributed by atoms with E-state index in [2.05, 4.69) is 10.6 Å². The van der Waals surface area contributed by atoms with E-state index >= 15 is 0 Å². The standard InChI is InChI=1S/C18H25FN2O4/c1-4-5-6-15(18(24)25-3)21-17(23)16(20-12(2)22)11-13-7-9-14(19)10-8-13/h7-10,15-16H,4-6,11H2,1-3H3,(H,20,22)(H,21,23)/t15-,16-/m1/s1. The molecule has 0 bridgehead atoms. The highest BCUT2D eigenvalue weighted by Crippen LogP contribution is 2.08. The molecule has 0 fully saturated rings. The zero-order valence-electron chi connectivity index (χ0n) is 14.8. The molecular formula is C18H25FN2O4. The van der Waals surface area contributed by atoms with Crippen LogP contribution in [0.1, 0.15) is 38.7 Å². The number of nitrogens with one attached hydrogen (secondary N) is 2. The fourth-order valence-electron chi connectivity index (χ4n) is 2.38. The van der Waals surface area contributed by atoms with Gasteiger partial charge in [0.25, 0.3) is 0 Å². The molecule has 0 saturated heterocycles. The van der Waals surface area contributed by atoms with Crippen LogP contribution in [-0.2, 0) is 25.5 Å². The molecule has 0 radical (unpaired) electrons. The van der Waals surface area contributed by atoms with Crippen LogP contribution in [0.3, 0.4) is 0 Å². The highest BCUT2D eigenvalue weighted by atomic mass is 19.1. The van der Waals surface area contributed by atoms with Gasteiger partial charge in [-0.3, -0.25) is 9.59 Å². The lowest BCUT2D eigenvalue weighted by atomic mass is 10.0. The average Bonchev–Trinajstić information content (AvgIpc) is 2.58. The number of methoxy groups -OCH3 is 1. The molecule has 7 heteroatoms. The second kappa shape index (κ2) is 10.4. The van der Waals surface area contributed by atoms with Crippen LogP contribution < -0.4 is 10.6 Å². The lowest BCUT2D eigenvalue weighted by Gasteiger charge is -2.22. The van der Waals surface area contributed by atoms with E-state index < -0.39 is 24.0 Å². The molecule has 0 aliphatic carbocycles. The molecule has 0 unspecified atom stereocenters. The molecule has 2 N–H and O–H groups in total. The number of hydrogen-bond donors (Lipinski definition) is 2. The number of ether oxygens (including phenoxy) is 1. The minimum Gasteiger partial charge on any atom is -0.467 e. The Labute approximate surface area is 147 Å². The first-order valence-corrected chi connectivity index (χ1v) is 8.27. The molecule has 1 aromatic rings. The maximum Gasteiger partial charge on any atom is 0.328 e. The zero-order valence-corrected chi connectivity index (χ0v) is 14.8. The number of amides is 2. The molecule has 6 nitrogen and oxygen atoms in total. The number of halogens is 1. The monoisotopic (exact) mass is 352 g/mol. The molecule has 0 saturated carbocycles. The van der Waals surface area contributed by atoms with Gasteiger partial charge in [0, 0.05) is 13.3 Å². The minimum absolute atomic E-state index is 0.188. The molecule has 2 amide bonds. The van der Waals surface area contributed by atoms with Crippen LogP contribution >= 0.6 is 0 Å². The Balaban J connectivity index is 2.84. The van der Waals surface area contributed by atoms with Crippen molar-refractivity contribution in [2.45, 2.75) is 51.6 Å². The van der Waals surface area contributed by atoms with Crippen LogP contribution in [0.2, 0.25) is 0 Å². The van der Waals surface area contributed by atoms with Crippen LogP contribution in [-0.4, -0.2) is 37.0 Å². The van der Waals surface area contributed by atoms with Crippen LogP contribution in [0.5, 0.6) is 0 Å². The van der Waals surface area contributed by atoms with E-state index in [4.69, 9.17) is 4.74 Å². The first-order valence-electron chi connectivity index (χ1n) is 8.27. The second-order valence-electron chi connectivity index (χ2n) is 5.81. The van der Waals surface area contributed by atoms with E-state index in [-0.39, 0.29) is 18.1 Å². The van der Waals surface area contributed by atoms with Gasteiger partial charge >= 0.3 is 5.97 Å². The normalized spacial score (nSPS) is 12.8. The van der Waals surface area contributed by atoms with E-state index in [0.29, 0.717) is 12.0 Å². The van der Waals surface area contributed by atoms with Crippen LogP contribution in [0, 0.1) is 5.82 Å². The van der Waals surface area contributed by atoms with Crippen molar-refractivity contribution in [2.24, 2.45) is 0 Å². The summed E-state index contributed by atoms with van der Waals surface area (Å²) in [6.45, 7) is 3.28. The molecule has 138 valence electrons. The van der Waals surface area contributed by atoms with Crippen LogP contribution in [0.4, 0.5) is 4.39 Å². The van der Waals surface area contributed by atoms with Gasteiger partial charge in [-0.1, -0.05) is 31.9 Å². The van der Waals surface area contributed by atoms with Gasteiger partial charge < -0.3 is 15.4 Å². The summed E-state index contributed by atoms with van der Waals surface area (Å²) in [5.41, 5.74) is 0.693. The smallest absolute Gasteiger partial charge is 0.328 e. The lowest BCUT2D eigenvalue weighted by Crippen LogP contribution is -2.52. The number of carbonyl (C=O) groups excluding carboxylic acids is 3. The number of unbranched alkanes of at least 4 members (excludes halogenated alkanes) is 1. The highest BCUT2D eigenvalue weighted by molar-refractivity contribution is 5.90. The molecule has 1 rings (SSSR count). The van der Waals surface area contributed by atoms with Crippen molar-refractivity contribution in [1.29, 1.82) is 0 Å². The molecule has 0 aromatic heterocycles. The third-order valence-electron chi connectivity index (χ3n) is 3.70. The first-order chi connectivity index (χ1) is 11.9. The Morgan fingerprint density at radius 3 is 2.28 bits per heavy atom. The fourth-order valence-corrected chi connectivity index (χ4v) is 2.38. The van der Waals surface area contributed by atoms with Crippen molar-refractivity contribution in [3.05, 3.63) is 35.6 Å². The largest absolute Gasteiger partial charge is 0.467 e. The van der Waals surface area contributed by atoms with E-state index in [9.17, 15) is 18.8 Å². The molecular weight excluding hydrogens is 327 g/mol. The predicted molar refractivity (Wildman–Crippen MR) is 91.2 cm³/mol.